The van der Waals surface area contributed by atoms with Crippen LogP contribution in [0.5, 0.6) is 0 Å². The SMILES string of the molecule is CN(Cc1ccc(F)cc1F)C(=O)c1cc(=O)[nH]c2ccccc12. The second-order valence-corrected chi connectivity index (χ2v) is 5.49. The number of carbonyl (C=O) groups is 1. The Labute approximate surface area is 136 Å². The molecular weight excluding hydrogens is 314 g/mol. The number of aromatic nitrogens is 1. The molecule has 3 rings (SSSR count). The molecule has 1 aromatic heterocycles. The third-order valence-electron chi connectivity index (χ3n) is 3.75. The average molecular weight is 328 g/mol. The first-order chi connectivity index (χ1) is 11.5. The van der Waals surface area contributed by atoms with Crippen molar-refractivity contribution in [2.24, 2.45) is 0 Å². The highest BCUT2D eigenvalue weighted by molar-refractivity contribution is 6.05. The number of fused-ring (bicyclic) bond motifs is 1. The van der Waals surface area contributed by atoms with Gasteiger partial charge in [-0.1, -0.05) is 24.3 Å². The number of hydrogen-bond donors (Lipinski definition) is 1. The number of halogens is 2. The molecule has 6 heteroatoms. The predicted octanol–water partition coefficient (Wildman–Crippen LogP) is 3.08. The van der Waals surface area contributed by atoms with Gasteiger partial charge in [0.25, 0.3) is 5.91 Å². The van der Waals surface area contributed by atoms with Crippen molar-refractivity contribution >= 4 is 16.8 Å². The zero-order valence-corrected chi connectivity index (χ0v) is 12.8. The van der Waals surface area contributed by atoms with E-state index < -0.39 is 23.1 Å². The molecule has 0 fully saturated rings. The number of hydrogen-bond acceptors (Lipinski definition) is 2. The van der Waals surface area contributed by atoms with Crippen molar-refractivity contribution in [3.8, 4) is 0 Å². The van der Waals surface area contributed by atoms with Crippen LogP contribution in [0.3, 0.4) is 0 Å². The van der Waals surface area contributed by atoms with E-state index in [0.717, 1.165) is 12.1 Å². The minimum Gasteiger partial charge on any atom is -0.337 e. The minimum atomic E-state index is -0.717. The highest BCUT2D eigenvalue weighted by Gasteiger charge is 2.17. The molecule has 1 N–H and O–H groups in total. The number of amides is 1. The standard InChI is InChI=1S/C18H14F2N2O2/c1-22(10-11-6-7-12(19)8-15(11)20)18(24)14-9-17(23)21-16-5-3-2-4-13(14)16/h2-9H,10H2,1H3,(H,21,23). The fraction of sp³-hybridized carbons (Fsp3) is 0.111. The number of pyridine rings is 1. The first-order valence-corrected chi connectivity index (χ1v) is 7.27. The van der Waals surface area contributed by atoms with Crippen LogP contribution >= 0.6 is 0 Å². The lowest BCUT2D eigenvalue weighted by Crippen LogP contribution is -2.28. The summed E-state index contributed by atoms with van der Waals surface area (Å²) in [5.74, 6) is -1.81. The smallest absolute Gasteiger partial charge is 0.254 e. The Hall–Kier alpha value is -3.02. The van der Waals surface area contributed by atoms with Crippen LogP contribution in [0, 0.1) is 11.6 Å². The Morgan fingerprint density at radius 1 is 1.12 bits per heavy atom. The summed E-state index contributed by atoms with van der Waals surface area (Å²) < 4.78 is 26.7. The van der Waals surface area contributed by atoms with Crippen LogP contribution in [0.25, 0.3) is 10.9 Å². The molecule has 0 saturated carbocycles. The Balaban J connectivity index is 1.95. The van der Waals surface area contributed by atoms with Gasteiger partial charge in [-0.3, -0.25) is 9.59 Å². The summed E-state index contributed by atoms with van der Waals surface area (Å²) in [5, 5.41) is 0.605. The molecule has 0 aliphatic rings. The van der Waals surface area contributed by atoms with Gasteiger partial charge >= 0.3 is 0 Å². The van der Waals surface area contributed by atoms with Crippen molar-refractivity contribution < 1.29 is 13.6 Å². The maximum Gasteiger partial charge on any atom is 0.254 e. The van der Waals surface area contributed by atoms with E-state index in [1.807, 2.05) is 0 Å². The minimum absolute atomic E-state index is 0.0356. The number of rotatable bonds is 3. The molecule has 1 heterocycles. The summed E-state index contributed by atoms with van der Waals surface area (Å²) in [6.45, 7) is -0.0356. The van der Waals surface area contributed by atoms with Gasteiger partial charge in [-0.2, -0.15) is 0 Å². The van der Waals surface area contributed by atoms with E-state index in [-0.39, 0.29) is 17.7 Å². The lowest BCUT2D eigenvalue weighted by atomic mass is 10.1. The number of H-pyrrole nitrogens is 1. The van der Waals surface area contributed by atoms with E-state index in [9.17, 15) is 18.4 Å². The normalized spacial score (nSPS) is 10.8. The number of benzene rings is 2. The van der Waals surface area contributed by atoms with Crippen LogP contribution in [-0.4, -0.2) is 22.8 Å². The summed E-state index contributed by atoms with van der Waals surface area (Å²) in [6, 6.07) is 11.4. The largest absolute Gasteiger partial charge is 0.337 e. The maximum absolute atomic E-state index is 13.8. The van der Waals surface area contributed by atoms with Crippen LogP contribution in [0.15, 0.2) is 53.3 Å². The molecule has 3 aromatic rings. The number of para-hydroxylation sites is 1. The van der Waals surface area contributed by atoms with Crippen molar-refractivity contribution in [2.75, 3.05) is 7.05 Å². The van der Waals surface area contributed by atoms with Gasteiger partial charge in [-0.25, -0.2) is 8.78 Å². The van der Waals surface area contributed by atoms with Crippen LogP contribution in [0.2, 0.25) is 0 Å². The Morgan fingerprint density at radius 3 is 2.62 bits per heavy atom. The Morgan fingerprint density at radius 2 is 1.88 bits per heavy atom. The van der Waals surface area contributed by atoms with E-state index in [1.165, 1.54) is 24.1 Å². The van der Waals surface area contributed by atoms with Crippen molar-refractivity contribution in [2.45, 2.75) is 6.54 Å². The summed E-state index contributed by atoms with van der Waals surface area (Å²) >= 11 is 0. The van der Waals surface area contributed by atoms with E-state index in [4.69, 9.17) is 0 Å². The quantitative estimate of drug-likeness (QED) is 0.803. The number of carbonyl (C=O) groups excluding carboxylic acids is 1. The summed E-state index contributed by atoms with van der Waals surface area (Å²) in [6.07, 6.45) is 0. The number of nitrogens with one attached hydrogen (secondary N) is 1. The zero-order chi connectivity index (χ0) is 17.3. The van der Waals surface area contributed by atoms with E-state index in [2.05, 4.69) is 4.98 Å². The van der Waals surface area contributed by atoms with Crippen molar-refractivity contribution in [3.63, 3.8) is 0 Å². The summed E-state index contributed by atoms with van der Waals surface area (Å²) in [5.41, 5.74) is 0.592. The maximum atomic E-state index is 13.8. The average Bonchev–Trinajstić information content (AvgIpc) is 2.55. The highest BCUT2D eigenvalue weighted by Crippen LogP contribution is 2.18. The van der Waals surface area contributed by atoms with Crippen LogP contribution in [-0.2, 0) is 6.54 Å². The third-order valence-corrected chi connectivity index (χ3v) is 3.75. The van der Waals surface area contributed by atoms with E-state index in [1.54, 1.807) is 24.3 Å². The van der Waals surface area contributed by atoms with E-state index in [0.29, 0.717) is 10.9 Å². The predicted molar refractivity (Wildman–Crippen MR) is 86.7 cm³/mol. The molecule has 0 spiro atoms. The highest BCUT2D eigenvalue weighted by atomic mass is 19.1. The lowest BCUT2D eigenvalue weighted by molar-refractivity contribution is 0.0785. The molecule has 0 radical (unpaired) electrons. The molecule has 24 heavy (non-hydrogen) atoms. The van der Waals surface area contributed by atoms with Gasteiger partial charge in [0, 0.05) is 42.2 Å². The second kappa shape index (κ2) is 6.23. The zero-order valence-electron chi connectivity index (χ0n) is 12.8. The topological polar surface area (TPSA) is 53.2 Å². The van der Waals surface area contributed by atoms with Gasteiger partial charge in [-0.05, 0) is 12.1 Å². The lowest BCUT2D eigenvalue weighted by Gasteiger charge is -2.18. The van der Waals surface area contributed by atoms with Crippen LogP contribution in [0.4, 0.5) is 8.78 Å². The molecule has 122 valence electrons. The van der Waals surface area contributed by atoms with Crippen molar-refractivity contribution in [1.82, 2.24) is 9.88 Å². The molecular formula is C18H14F2N2O2. The second-order valence-electron chi connectivity index (χ2n) is 5.49. The molecule has 0 bridgehead atoms. The molecule has 4 nitrogen and oxygen atoms in total. The summed E-state index contributed by atoms with van der Waals surface area (Å²) in [4.78, 5) is 28.4. The molecule has 0 atom stereocenters. The van der Waals surface area contributed by atoms with Gasteiger partial charge in [0.15, 0.2) is 0 Å². The first kappa shape index (κ1) is 15.9. The van der Waals surface area contributed by atoms with Crippen molar-refractivity contribution in [1.29, 1.82) is 0 Å². The number of aromatic amines is 1. The molecule has 1 amide bonds. The van der Waals surface area contributed by atoms with Gasteiger partial charge in [-0.15, -0.1) is 0 Å². The van der Waals surface area contributed by atoms with Crippen LogP contribution < -0.4 is 5.56 Å². The van der Waals surface area contributed by atoms with Crippen LogP contribution in [0.1, 0.15) is 15.9 Å². The van der Waals surface area contributed by atoms with E-state index >= 15 is 0 Å². The fourth-order valence-electron chi connectivity index (χ4n) is 2.56. The Kier molecular flexibility index (Phi) is 4.12. The van der Waals surface area contributed by atoms with Gasteiger partial charge in [0.1, 0.15) is 11.6 Å². The summed E-state index contributed by atoms with van der Waals surface area (Å²) in [7, 11) is 1.50. The first-order valence-electron chi connectivity index (χ1n) is 7.27. The fourth-order valence-corrected chi connectivity index (χ4v) is 2.56. The monoisotopic (exact) mass is 328 g/mol. The molecule has 0 aliphatic heterocycles. The van der Waals surface area contributed by atoms with Gasteiger partial charge in [0.2, 0.25) is 5.56 Å². The molecule has 0 aliphatic carbocycles. The number of nitrogens with zero attached hydrogens (tertiary/aromatic N) is 1. The molecule has 0 saturated heterocycles. The molecule has 0 unspecified atom stereocenters. The van der Waals surface area contributed by atoms with Crippen molar-refractivity contribution in [3.05, 3.63) is 81.6 Å². The van der Waals surface area contributed by atoms with Gasteiger partial charge in [0.05, 0.1) is 5.56 Å². The van der Waals surface area contributed by atoms with Gasteiger partial charge < -0.3 is 9.88 Å². The third kappa shape index (κ3) is 3.03. The molecule has 2 aromatic carbocycles. The Bertz CT molecular complexity index is 982.